The standard InChI is InChI=1S/C19H27N3O2/c1-14-4-5-17(23-3)15(12-14)6-8-20-13-16-7-11-24-18(16)19-21-9-10-22(19)2/h4-5,9-10,12,16,18,20H,6-8,11,13H2,1-3H3/t16-,18+/m0/s1. The Bertz CT molecular complexity index is 668. The van der Waals surface area contributed by atoms with Crippen LogP contribution >= 0.6 is 0 Å². The molecule has 1 aromatic heterocycles. The molecule has 0 unspecified atom stereocenters. The second-order valence-electron chi connectivity index (χ2n) is 6.51. The summed E-state index contributed by atoms with van der Waals surface area (Å²) in [7, 11) is 3.76. The molecule has 2 atom stereocenters. The molecule has 3 rings (SSSR count). The highest BCUT2D eigenvalue weighted by atomic mass is 16.5. The Morgan fingerprint density at radius 2 is 2.29 bits per heavy atom. The average molecular weight is 329 g/mol. The Morgan fingerprint density at radius 3 is 3.04 bits per heavy atom. The summed E-state index contributed by atoms with van der Waals surface area (Å²) in [5.74, 6) is 2.47. The number of nitrogens with zero attached hydrogens (tertiary/aromatic N) is 2. The highest BCUT2D eigenvalue weighted by Gasteiger charge is 2.31. The lowest BCUT2D eigenvalue weighted by molar-refractivity contribution is 0.0812. The number of nitrogens with one attached hydrogen (secondary N) is 1. The lowest BCUT2D eigenvalue weighted by Gasteiger charge is -2.19. The highest BCUT2D eigenvalue weighted by Crippen LogP contribution is 2.32. The summed E-state index contributed by atoms with van der Waals surface area (Å²) < 4.78 is 13.4. The van der Waals surface area contributed by atoms with E-state index in [-0.39, 0.29) is 6.10 Å². The number of aryl methyl sites for hydroxylation is 2. The van der Waals surface area contributed by atoms with Crippen molar-refractivity contribution in [3.63, 3.8) is 0 Å². The first-order valence-corrected chi connectivity index (χ1v) is 8.62. The topological polar surface area (TPSA) is 48.3 Å². The Labute approximate surface area is 144 Å². The van der Waals surface area contributed by atoms with Crippen LogP contribution in [0.15, 0.2) is 30.6 Å². The second-order valence-corrected chi connectivity index (χ2v) is 6.51. The fourth-order valence-corrected chi connectivity index (χ4v) is 3.39. The van der Waals surface area contributed by atoms with Crippen LogP contribution in [0.4, 0.5) is 0 Å². The lowest BCUT2D eigenvalue weighted by atomic mass is 10.0. The summed E-state index contributed by atoms with van der Waals surface area (Å²) in [6, 6.07) is 6.34. The number of ether oxygens (including phenoxy) is 2. The Kier molecular flexibility index (Phi) is 5.53. The minimum atomic E-state index is 0.103. The monoisotopic (exact) mass is 329 g/mol. The number of methoxy groups -OCH3 is 1. The molecule has 0 aliphatic carbocycles. The van der Waals surface area contributed by atoms with E-state index in [2.05, 4.69) is 33.9 Å². The molecular weight excluding hydrogens is 302 g/mol. The maximum atomic E-state index is 5.92. The minimum Gasteiger partial charge on any atom is -0.496 e. The van der Waals surface area contributed by atoms with Crippen molar-refractivity contribution in [3.8, 4) is 5.75 Å². The van der Waals surface area contributed by atoms with E-state index in [4.69, 9.17) is 9.47 Å². The fourth-order valence-electron chi connectivity index (χ4n) is 3.39. The van der Waals surface area contributed by atoms with Crippen molar-refractivity contribution in [2.24, 2.45) is 13.0 Å². The van der Waals surface area contributed by atoms with Gasteiger partial charge in [0, 0.05) is 38.5 Å². The molecule has 0 bridgehead atoms. The normalized spacial score (nSPS) is 20.5. The van der Waals surface area contributed by atoms with Crippen LogP contribution in [-0.2, 0) is 18.2 Å². The third kappa shape index (κ3) is 3.79. The van der Waals surface area contributed by atoms with Gasteiger partial charge < -0.3 is 19.4 Å². The molecule has 1 aromatic carbocycles. The van der Waals surface area contributed by atoms with E-state index in [9.17, 15) is 0 Å². The van der Waals surface area contributed by atoms with E-state index in [1.165, 1.54) is 11.1 Å². The quantitative estimate of drug-likeness (QED) is 0.794. The van der Waals surface area contributed by atoms with Gasteiger partial charge in [-0.05, 0) is 37.9 Å². The molecule has 1 aliphatic rings. The molecule has 1 fully saturated rings. The number of aromatic nitrogens is 2. The van der Waals surface area contributed by atoms with Crippen LogP contribution in [0.1, 0.15) is 29.5 Å². The maximum absolute atomic E-state index is 5.92. The summed E-state index contributed by atoms with van der Waals surface area (Å²) in [5, 5.41) is 3.59. The molecule has 1 aliphatic heterocycles. The zero-order chi connectivity index (χ0) is 16.9. The van der Waals surface area contributed by atoms with Gasteiger partial charge in [-0.3, -0.25) is 0 Å². The van der Waals surface area contributed by atoms with Crippen LogP contribution in [0.3, 0.4) is 0 Å². The molecule has 1 saturated heterocycles. The number of benzene rings is 1. The Balaban J connectivity index is 1.51. The van der Waals surface area contributed by atoms with E-state index >= 15 is 0 Å². The highest BCUT2D eigenvalue weighted by molar-refractivity contribution is 5.37. The third-order valence-corrected chi connectivity index (χ3v) is 4.74. The number of hydrogen-bond acceptors (Lipinski definition) is 4. The van der Waals surface area contributed by atoms with Gasteiger partial charge in [-0.2, -0.15) is 0 Å². The Hall–Kier alpha value is -1.85. The van der Waals surface area contributed by atoms with Crippen molar-refractivity contribution in [1.82, 2.24) is 14.9 Å². The van der Waals surface area contributed by atoms with Crippen LogP contribution < -0.4 is 10.1 Å². The van der Waals surface area contributed by atoms with E-state index in [1.807, 2.05) is 25.5 Å². The van der Waals surface area contributed by atoms with Crippen LogP contribution in [0.25, 0.3) is 0 Å². The molecule has 0 amide bonds. The van der Waals surface area contributed by atoms with Gasteiger partial charge in [0.1, 0.15) is 17.7 Å². The van der Waals surface area contributed by atoms with E-state index < -0.39 is 0 Å². The van der Waals surface area contributed by atoms with Crippen molar-refractivity contribution in [3.05, 3.63) is 47.5 Å². The average Bonchev–Trinajstić information content (AvgIpc) is 3.20. The summed E-state index contributed by atoms with van der Waals surface area (Å²) >= 11 is 0. The summed E-state index contributed by atoms with van der Waals surface area (Å²) in [4.78, 5) is 4.45. The minimum absolute atomic E-state index is 0.103. The lowest BCUT2D eigenvalue weighted by Crippen LogP contribution is -2.27. The predicted octanol–water partition coefficient (Wildman–Crippen LogP) is 2.65. The van der Waals surface area contributed by atoms with Gasteiger partial charge in [-0.15, -0.1) is 0 Å². The van der Waals surface area contributed by atoms with Crippen molar-refractivity contribution in [1.29, 1.82) is 0 Å². The SMILES string of the molecule is COc1ccc(C)cc1CCNC[C@@H]1CCO[C@H]1c1nccn1C. The van der Waals surface area contributed by atoms with Crippen LogP contribution in [-0.4, -0.2) is 36.4 Å². The number of rotatable bonds is 7. The third-order valence-electron chi connectivity index (χ3n) is 4.74. The van der Waals surface area contributed by atoms with Crippen LogP contribution in [0.2, 0.25) is 0 Å². The van der Waals surface area contributed by atoms with Gasteiger partial charge in [-0.1, -0.05) is 17.7 Å². The molecule has 130 valence electrons. The number of hydrogen-bond donors (Lipinski definition) is 1. The van der Waals surface area contributed by atoms with Gasteiger partial charge in [0.25, 0.3) is 0 Å². The zero-order valence-electron chi connectivity index (χ0n) is 14.8. The van der Waals surface area contributed by atoms with Crippen LogP contribution in [0.5, 0.6) is 5.75 Å². The molecule has 1 N–H and O–H groups in total. The van der Waals surface area contributed by atoms with Gasteiger partial charge in [0.15, 0.2) is 0 Å². The first kappa shape index (κ1) is 17.0. The molecule has 2 aromatic rings. The molecule has 5 heteroatoms. The van der Waals surface area contributed by atoms with Gasteiger partial charge in [0.2, 0.25) is 0 Å². The first-order valence-electron chi connectivity index (χ1n) is 8.62. The largest absolute Gasteiger partial charge is 0.496 e. The van der Waals surface area contributed by atoms with E-state index in [0.717, 1.165) is 44.1 Å². The molecule has 0 saturated carbocycles. The maximum Gasteiger partial charge on any atom is 0.137 e. The molecule has 24 heavy (non-hydrogen) atoms. The van der Waals surface area contributed by atoms with Gasteiger partial charge >= 0.3 is 0 Å². The summed E-state index contributed by atoms with van der Waals surface area (Å²) in [6.45, 7) is 4.81. The summed E-state index contributed by atoms with van der Waals surface area (Å²) in [6.07, 6.45) is 5.96. The first-order chi connectivity index (χ1) is 11.7. The predicted molar refractivity (Wildman–Crippen MR) is 94.3 cm³/mol. The number of imidazole rings is 1. The zero-order valence-corrected chi connectivity index (χ0v) is 14.8. The second kappa shape index (κ2) is 7.81. The Morgan fingerprint density at radius 1 is 1.42 bits per heavy atom. The fraction of sp³-hybridized carbons (Fsp3) is 0.526. The molecular formula is C19H27N3O2. The molecule has 5 nitrogen and oxygen atoms in total. The molecule has 0 radical (unpaired) electrons. The molecule has 0 spiro atoms. The van der Waals surface area contributed by atoms with E-state index in [1.54, 1.807) is 7.11 Å². The van der Waals surface area contributed by atoms with Crippen LogP contribution in [0, 0.1) is 12.8 Å². The van der Waals surface area contributed by atoms with Crippen molar-refractivity contribution in [2.75, 3.05) is 26.8 Å². The summed E-state index contributed by atoms with van der Waals surface area (Å²) in [5.41, 5.74) is 2.53. The molecule has 2 heterocycles. The van der Waals surface area contributed by atoms with Crippen molar-refractivity contribution >= 4 is 0 Å². The van der Waals surface area contributed by atoms with Gasteiger partial charge in [0.05, 0.1) is 7.11 Å². The van der Waals surface area contributed by atoms with Crippen molar-refractivity contribution in [2.45, 2.75) is 25.9 Å². The van der Waals surface area contributed by atoms with Gasteiger partial charge in [-0.25, -0.2) is 4.98 Å². The smallest absolute Gasteiger partial charge is 0.137 e. The van der Waals surface area contributed by atoms with E-state index in [0.29, 0.717) is 5.92 Å². The van der Waals surface area contributed by atoms with Crippen molar-refractivity contribution < 1.29 is 9.47 Å².